The van der Waals surface area contributed by atoms with Crippen molar-refractivity contribution in [2.45, 2.75) is 6.10 Å². The number of carbonyl (C=O) groups excluding carboxylic acids is 1. The lowest BCUT2D eigenvalue weighted by molar-refractivity contribution is 0.0911. The molecule has 0 spiro atoms. The Morgan fingerprint density at radius 3 is 2.36 bits per heavy atom. The number of amides is 2. The third-order valence-corrected chi connectivity index (χ3v) is 3.81. The molecule has 0 fully saturated rings. The van der Waals surface area contributed by atoms with Crippen LogP contribution in [-0.4, -0.2) is 43.2 Å². The molecular formula is C19H24FN3O2. The molecule has 2 amide bonds. The molecule has 0 saturated carbocycles. The Kier molecular flexibility index (Phi) is 6.91. The quantitative estimate of drug-likeness (QED) is 0.723. The van der Waals surface area contributed by atoms with Crippen LogP contribution in [0, 0.1) is 11.7 Å². The van der Waals surface area contributed by atoms with Crippen LogP contribution in [0.25, 0.3) is 0 Å². The van der Waals surface area contributed by atoms with Gasteiger partial charge in [0, 0.05) is 24.7 Å². The van der Waals surface area contributed by atoms with Crippen molar-refractivity contribution in [2.24, 2.45) is 5.92 Å². The maximum Gasteiger partial charge on any atom is 0.319 e. The summed E-state index contributed by atoms with van der Waals surface area (Å²) >= 11 is 0. The highest BCUT2D eigenvalue weighted by atomic mass is 19.1. The largest absolute Gasteiger partial charge is 0.388 e. The van der Waals surface area contributed by atoms with Crippen molar-refractivity contribution < 1.29 is 14.3 Å². The van der Waals surface area contributed by atoms with Crippen LogP contribution in [0.5, 0.6) is 0 Å². The molecular weight excluding hydrogens is 321 g/mol. The fraction of sp³-hybridized carbons (Fsp3) is 0.316. The van der Waals surface area contributed by atoms with Gasteiger partial charge in [0.15, 0.2) is 0 Å². The number of urea groups is 1. The van der Waals surface area contributed by atoms with Crippen LogP contribution in [0.4, 0.5) is 14.9 Å². The lowest BCUT2D eigenvalue weighted by Crippen LogP contribution is -2.39. The molecule has 2 aromatic carbocycles. The van der Waals surface area contributed by atoms with E-state index < -0.39 is 12.1 Å². The van der Waals surface area contributed by atoms with Gasteiger partial charge in [0.05, 0.1) is 6.10 Å². The Balaban J connectivity index is 1.94. The highest BCUT2D eigenvalue weighted by Gasteiger charge is 2.22. The molecule has 0 heterocycles. The number of carbonyl (C=O) groups is 1. The molecule has 0 aliphatic heterocycles. The molecule has 0 radical (unpaired) electrons. The van der Waals surface area contributed by atoms with E-state index in [1.807, 2.05) is 49.3 Å². The molecule has 2 aromatic rings. The molecule has 0 saturated heterocycles. The summed E-state index contributed by atoms with van der Waals surface area (Å²) in [6.07, 6.45) is -0.685. The Morgan fingerprint density at radius 1 is 1.12 bits per heavy atom. The lowest BCUT2D eigenvalue weighted by atomic mass is 9.95. The number of nitrogens with one attached hydrogen (secondary N) is 2. The lowest BCUT2D eigenvalue weighted by Gasteiger charge is -2.26. The summed E-state index contributed by atoms with van der Waals surface area (Å²) < 4.78 is 12.9. The summed E-state index contributed by atoms with van der Waals surface area (Å²) in [7, 11) is 3.84. The van der Waals surface area contributed by atoms with E-state index in [1.165, 1.54) is 24.3 Å². The summed E-state index contributed by atoms with van der Waals surface area (Å²) in [5.41, 5.74) is 1.32. The van der Waals surface area contributed by atoms with Gasteiger partial charge in [0.25, 0.3) is 0 Å². The minimum atomic E-state index is -0.685. The summed E-state index contributed by atoms with van der Waals surface area (Å²) in [5, 5.41) is 16.0. The van der Waals surface area contributed by atoms with E-state index in [-0.39, 0.29) is 11.7 Å². The first kappa shape index (κ1) is 18.9. The minimum absolute atomic E-state index is 0.170. The van der Waals surface area contributed by atoms with Crippen LogP contribution in [0.15, 0.2) is 54.6 Å². The standard InChI is InChI=1S/C19H24FN3O2/c1-23(2)13-15(18(24)14-6-4-3-5-7-14)12-21-19(25)22-17-10-8-16(20)9-11-17/h3-11,15,18,24H,12-13H2,1-2H3,(H2,21,22,25)/t15-,18-/m1/s1. The maximum atomic E-state index is 12.9. The molecule has 0 bridgehead atoms. The SMILES string of the molecule is CN(C)C[C@@H](CNC(=O)Nc1ccc(F)cc1)[C@H](O)c1ccccc1. The first-order chi connectivity index (χ1) is 12.0. The van der Waals surface area contributed by atoms with Crippen LogP contribution < -0.4 is 10.6 Å². The Bertz CT molecular complexity index is 662. The second-order valence-corrected chi connectivity index (χ2v) is 6.22. The van der Waals surface area contributed by atoms with E-state index in [0.29, 0.717) is 18.8 Å². The van der Waals surface area contributed by atoms with Crippen LogP contribution in [0.3, 0.4) is 0 Å². The van der Waals surface area contributed by atoms with Gasteiger partial charge in [-0.2, -0.15) is 0 Å². The zero-order valence-corrected chi connectivity index (χ0v) is 14.4. The first-order valence-electron chi connectivity index (χ1n) is 8.14. The number of rotatable bonds is 7. The van der Waals surface area contributed by atoms with Gasteiger partial charge in [0.2, 0.25) is 0 Å². The third-order valence-electron chi connectivity index (χ3n) is 3.81. The Labute approximate surface area is 147 Å². The normalized spacial score (nSPS) is 13.3. The predicted molar refractivity (Wildman–Crippen MR) is 96.9 cm³/mol. The van der Waals surface area contributed by atoms with Gasteiger partial charge < -0.3 is 20.6 Å². The molecule has 0 aliphatic carbocycles. The van der Waals surface area contributed by atoms with Crippen molar-refractivity contribution in [1.82, 2.24) is 10.2 Å². The zero-order chi connectivity index (χ0) is 18.2. The highest BCUT2D eigenvalue weighted by molar-refractivity contribution is 5.89. The average molecular weight is 345 g/mol. The number of hydrogen-bond donors (Lipinski definition) is 3. The molecule has 5 nitrogen and oxygen atoms in total. The van der Waals surface area contributed by atoms with Crippen molar-refractivity contribution >= 4 is 11.7 Å². The highest BCUT2D eigenvalue weighted by Crippen LogP contribution is 2.22. The molecule has 0 aromatic heterocycles. The van der Waals surface area contributed by atoms with Crippen molar-refractivity contribution in [1.29, 1.82) is 0 Å². The van der Waals surface area contributed by atoms with Crippen molar-refractivity contribution in [3.05, 3.63) is 66.0 Å². The van der Waals surface area contributed by atoms with Crippen molar-refractivity contribution in [3.8, 4) is 0 Å². The van der Waals surface area contributed by atoms with Crippen molar-refractivity contribution in [2.75, 3.05) is 32.5 Å². The summed E-state index contributed by atoms with van der Waals surface area (Å²) in [4.78, 5) is 14.0. The molecule has 0 aliphatic rings. The number of aliphatic hydroxyl groups excluding tert-OH is 1. The Hall–Kier alpha value is -2.44. The van der Waals surface area contributed by atoms with E-state index in [2.05, 4.69) is 10.6 Å². The van der Waals surface area contributed by atoms with Crippen molar-refractivity contribution in [3.63, 3.8) is 0 Å². The van der Waals surface area contributed by atoms with Gasteiger partial charge in [0.1, 0.15) is 5.82 Å². The van der Waals surface area contributed by atoms with Gasteiger partial charge >= 0.3 is 6.03 Å². The van der Waals surface area contributed by atoms with E-state index in [9.17, 15) is 14.3 Å². The van der Waals surface area contributed by atoms with Gasteiger partial charge in [-0.1, -0.05) is 30.3 Å². The minimum Gasteiger partial charge on any atom is -0.388 e. The number of halogens is 1. The molecule has 3 N–H and O–H groups in total. The average Bonchev–Trinajstić information content (AvgIpc) is 2.60. The predicted octanol–water partition coefficient (Wildman–Crippen LogP) is 2.86. The van der Waals surface area contributed by atoms with Crippen LogP contribution >= 0.6 is 0 Å². The van der Waals surface area contributed by atoms with Gasteiger partial charge in [-0.3, -0.25) is 0 Å². The van der Waals surface area contributed by atoms with Crippen LogP contribution in [0.2, 0.25) is 0 Å². The molecule has 0 unspecified atom stereocenters. The fourth-order valence-corrected chi connectivity index (χ4v) is 2.60. The summed E-state index contributed by atoms with van der Waals surface area (Å²) in [6.45, 7) is 0.925. The number of hydrogen-bond acceptors (Lipinski definition) is 3. The number of aliphatic hydroxyl groups is 1. The summed E-state index contributed by atoms with van der Waals surface area (Å²) in [5.74, 6) is -0.528. The van der Waals surface area contributed by atoms with Gasteiger partial charge in [-0.15, -0.1) is 0 Å². The number of benzene rings is 2. The molecule has 6 heteroatoms. The zero-order valence-electron chi connectivity index (χ0n) is 14.4. The topological polar surface area (TPSA) is 64.6 Å². The fourth-order valence-electron chi connectivity index (χ4n) is 2.60. The maximum absolute atomic E-state index is 12.9. The monoisotopic (exact) mass is 345 g/mol. The molecule has 2 rings (SSSR count). The number of anilines is 1. The molecule has 134 valence electrons. The summed E-state index contributed by atoms with van der Waals surface area (Å²) in [6, 6.07) is 14.5. The van der Waals surface area contributed by atoms with E-state index in [0.717, 1.165) is 5.56 Å². The second-order valence-electron chi connectivity index (χ2n) is 6.22. The first-order valence-corrected chi connectivity index (χ1v) is 8.14. The number of nitrogens with zero attached hydrogens (tertiary/aromatic N) is 1. The van der Waals surface area contributed by atoms with Crippen LogP contribution in [0.1, 0.15) is 11.7 Å². The smallest absolute Gasteiger partial charge is 0.319 e. The second kappa shape index (κ2) is 9.15. The molecule has 2 atom stereocenters. The Morgan fingerprint density at radius 2 is 1.76 bits per heavy atom. The van der Waals surface area contributed by atoms with E-state index in [4.69, 9.17) is 0 Å². The van der Waals surface area contributed by atoms with Gasteiger partial charge in [-0.05, 0) is 43.9 Å². The third kappa shape index (κ3) is 6.17. The van der Waals surface area contributed by atoms with E-state index >= 15 is 0 Å². The molecule has 25 heavy (non-hydrogen) atoms. The van der Waals surface area contributed by atoms with Crippen LogP contribution in [-0.2, 0) is 0 Å². The van der Waals surface area contributed by atoms with Gasteiger partial charge in [-0.25, -0.2) is 9.18 Å². The van der Waals surface area contributed by atoms with E-state index in [1.54, 1.807) is 0 Å².